The highest BCUT2D eigenvalue weighted by atomic mass is 16.5. The molecule has 0 bridgehead atoms. The van der Waals surface area contributed by atoms with Crippen molar-refractivity contribution in [3.05, 3.63) is 65.2 Å². The Morgan fingerprint density at radius 2 is 1.89 bits per heavy atom. The molecule has 1 atom stereocenters. The van der Waals surface area contributed by atoms with Crippen molar-refractivity contribution in [1.82, 2.24) is 0 Å². The zero-order valence-electron chi connectivity index (χ0n) is 10.9. The minimum absolute atomic E-state index is 0.00194. The van der Waals surface area contributed by atoms with E-state index < -0.39 is 0 Å². The molecule has 2 aromatic rings. The van der Waals surface area contributed by atoms with Crippen LogP contribution in [0.15, 0.2) is 48.5 Å². The monoisotopic (exact) mass is 252 g/mol. The van der Waals surface area contributed by atoms with Crippen LogP contribution in [0.5, 0.6) is 5.75 Å². The number of aryl methyl sites for hydroxylation is 1. The van der Waals surface area contributed by atoms with Gasteiger partial charge in [-0.2, -0.15) is 0 Å². The molecule has 3 rings (SSSR count). The molecule has 0 amide bonds. The van der Waals surface area contributed by atoms with Crippen molar-refractivity contribution in [2.45, 2.75) is 18.8 Å². The van der Waals surface area contributed by atoms with E-state index in [1.54, 1.807) is 7.11 Å². The fourth-order valence-electron chi connectivity index (χ4n) is 2.77. The average Bonchev–Trinajstić information content (AvgIpc) is 2.48. The average molecular weight is 252 g/mol. The summed E-state index contributed by atoms with van der Waals surface area (Å²) in [5.74, 6) is 1.06. The number of fused-ring (bicyclic) bond motifs is 1. The molecule has 96 valence electrons. The van der Waals surface area contributed by atoms with E-state index in [4.69, 9.17) is 4.74 Å². The van der Waals surface area contributed by atoms with Gasteiger partial charge in [-0.05, 0) is 42.2 Å². The summed E-state index contributed by atoms with van der Waals surface area (Å²) in [5.41, 5.74) is 3.08. The highest BCUT2D eigenvalue weighted by molar-refractivity contribution is 6.03. The summed E-state index contributed by atoms with van der Waals surface area (Å²) in [6.07, 6.45) is 1.81. The second kappa shape index (κ2) is 4.88. The Labute approximate surface area is 113 Å². The zero-order valence-corrected chi connectivity index (χ0v) is 10.9. The van der Waals surface area contributed by atoms with Crippen LogP contribution in [0.25, 0.3) is 0 Å². The molecule has 0 radical (unpaired) electrons. The molecule has 19 heavy (non-hydrogen) atoms. The third-order valence-electron chi connectivity index (χ3n) is 3.80. The lowest BCUT2D eigenvalue weighted by Gasteiger charge is -2.24. The summed E-state index contributed by atoms with van der Waals surface area (Å²) in [7, 11) is 1.65. The standard InChI is InChI=1S/C17H16O2/c1-19-14-8-10-16-13(11-14)7-9-15(17(16)18)12-5-3-2-4-6-12/h2-6,8,10-11,15H,7,9H2,1H3/t15-/m0/s1. The largest absolute Gasteiger partial charge is 0.497 e. The van der Waals surface area contributed by atoms with Gasteiger partial charge in [0.15, 0.2) is 5.78 Å². The fraction of sp³-hybridized carbons (Fsp3) is 0.235. The van der Waals surface area contributed by atoms with Crippen molar-refractivity contribution >= 4 is 5.78 Å². The van der Waals surface area contributed by atoms with Gasteiger partial charge in [0.25, 0.3) is 0 Å². The first-order valence-electron chi connectivity index (χ1n) is 6.55. The first-order valence-corrected chi connectivity index (χ1v) is 6.55. The van der Waals surface area contributed by atoms with Crippen LogP contribution < -0.4 is 4.74 Å². The molecule has 0 aliphatic heterocycles. The minimum Gasteiger partial charge on any atom is -0.497 e. The second-order valence-corrected chi connectivity index (χ2v) is 4.89. The molecule has 0 unspecified atom stereocenters. The summed E-state index contributed by atoms with van der Waals surface area (Å²) in [6, 6.07) is 15.8. The molecule has 1 aliphatic carbocycles. The van der Waals surface area contributed by atoms with Crippen LogP contribution in [0.4, 0.5) is 0 Å². The highest BCUT2D eigenvalue weighted by Gasteiger charge is 2.28. The lowest BCUT2D eigenvalue weighted by Crippen LogP contribution is -2.20. The number of hydrogen-bond acceptors (Lipinski definition) is 2. The number of rotatable bonds is 2. The van der Waals surface area contributed by atoms with E-state index >= 15 is 0 Å². The Morgan fingerprint density at radius 1 is 1.11 bits per heavy atom. The van der Waals surface area contributed by atoms with E-state index in [1.165, 1.54) is 0 Å². The first-order chi connectivity index (χ1) is 9.29. The number of carbonyl (C=O) groups is 1. The van der Waals surface area contributed by atoms with E-state index in [2.05, 4.69) is 0 Å². The fourth-order valence-corrected chi connectivity index (χ4v) is 2.77. The number of ether oxygens (including phenoxy) is 1. The Hall–Kier alpha value is -2.09. The van der Waals surface area contributed by atoms with Crippen molar-refractivity contribution in [3.8, 4) is 5.75 Å². The van der Waals surface area contributed by atoms with Gasteiger partial charge in [-0.15, -0.1) is 0 Å². The molecule has 0 N–H and O–H groups in total. The second-order valence-electron chi connectivity index (χ2n) is 4.89. The van der Waals surface area contributed by atoms with Crippen molar-refractivity contribution in [3.63, 3.8) is 0 Å². The van der Waals surface area contributed by atoms with Gasteiger partial charge in [-0.25, -0.2) is 0 Å². The van der Waals surface area contributed by atoms with Gasteiger partial charge in [0.2, 0.25) is 0 Å². The van der Waals surface area contributed by atoms with E-state index in [-0.39, 0.29) is 11.7 Å². The molecule has 2 nitrogen and oxygen atoms in total. The van der Waals surface area contributed by atoms with E-state index in [0.29, 0.717) is 0 Å². The van der Waals surface area contributed by atoms with E-state index in [1.807, 2.05) is 48.5 Å². The first kappa shape index (κ1) is 12.0. The topological polar surface area (TPSA) is 26.3 Å². The van der Waals surface area contributed by atoms with Gasteiger partial charge in [0, 0.05) is 11.5 Å². The lowest BCUT2D eigenvalue weighted by molar-refractivity contribution is 0.0946. The summed E-state index contributed by atoms with van der Waals surface area (Å²) in [4.78, 5) is 12.6. The Kier molecular flexibility index (Phi) is 3.08. The molecule has 0 heterocycles. The molecule has 0 aromatic heterocycles. The molecule has 0 spiro atoms. The van der Waals surface area contributed by atoms with Gasteiger partial charge < -0.3 is 4.74 Å². The van der Waals surface area contributed by atoms with Crippen molar-refractivity contribution in [1.29, 1.82) is 0 Å². The maximum Gasteiger partial charge on any atom is 0.170 e. The molecule has 2 aromatic carbocycles. The molecular formula is C17H16O2. The van der Waals surface area contributed by atoms with Gasteiger partial charge in [-0.1, -0.05) is 30.3 Å². The Bertz CT molecular complexity index is 602. The Morgan fingerprint density at radius 3 is 2.63 bits per heavy atom. The number of Topliss-reactive ketones (excluding diaryl/α,β-unsaturated/α-hetero) is 1. The van der Waals surface area contributed by atoms with Crippen molar-refractivity contribution in [2.24, 2.45) is 0 Å². The smallest absolute Gasteiger partial charge is 0.170 e. The molecule has 0 fully saturated rings. The van der Waals surface area contributed by atoms with Crippen LogP contribution in [-0.2, 0) is 6.42 Å². The molecule has 0 saturated carbocycles. The highest BCUT2D eigenvalue weighted by Crippen LogP contribution is 2.34. The van der Waals surface area contributed by atoms with Crippen molar-refractivity contribution in [2.75, 3.05) is 7.11 Å². The van der Waals surface area contributed by atoms with Crippen LogP contribution in [0, 0.1) is 0 Å². The van der Waals surface area contributed by atoms with Gasteiger partial charge >= 0.3 is 0 Å². The van der Waals surface area contributed by atoms with Crippen LogP contribution in [0.1, 0.15) is 33.8 Å². The zero-order chi connectivity index (χ0) is 13.2. The normalized spacial score (nSPS) is 17.9. The minimum atomic E-state index is 0.00194. The van der Waals surface area contributed by atoms with Crippen LogP contribution in [0.3, 0.4) is 0 Å². The Balaban J connectivity index is 1.97. The molecule has 1 aliphatic rings. The van der Waals surface area contributed by atoms with Crippen LogP contribution in [-0.4, -0.2) is 12.9 Å². The lowest BCUT2D eigenvalue weighted by atomic mass is 9.79. The van der Waals surface area contributed by atoms with E-state index in [9.17, 15) is 4.79 Å². The number of methoxy groups -OCH3 is 1. The maximum atomic E-state index is 12.6. The predicted octanol–water partition coefficient (Wildman–Crippen LogP) is 3.61. The molecule has 0 saturated heterocycles. The van der Waals surface area contributed by atoms with Gasteiger partial charge in [0.05, 0.1) is 7.11 Å². The van der Waals surface area contributed by atoms with Crippen LogP contribution in [0.2, 0.25) is 0 Å². The summed E-state index contributed by atoms with van der Waals surface area (Å²) < 4.78 is 5.22. The SMILES string of the molecule is COc1ccc2c(c1)CC[C@@H](c1ccccc1)C2=O. The van der Waals surface area contributed by atoms with Gasteiger partial charge in [0.1, 0.15) is 5.75 Å². The third-order valence-corrected chi connectivity index (χ3v) is 3.80. The molecular weight excluding hydrogens is 236 g/mol. The quantitative estimate of drug-likeness (QED) is 0.816. The summed E-state index contributed by atoms with van der Waals surface area (Å²) >= 11 is 0. The van der Waals surface area contributed by atoms with Gasteiger partial charge in [-0.3, -0.25) is 4.79 Å². The van der Waals surface area contributed by atoms with Crippen LogP contribution >= 0.6 is 0 Å². The number of ketones is 1. The third kappa shape index (κ3) is 2.14. The summed E-state index contributed by atoms with van der Waals surface area (Å²) in [6.45, 7) is 0. The summed E-state index contributed by atoms with van der Waals surface area (Å²) in [5, 5.41) is 0. The number of benzene rings is 2. The predicted molar refractivity (Wildman–Crippen MR) is 74.8 cm³/mol. The molecule has 2 heteroatoms. The number of hydrogen-bond donors (Lipinski definition) is 0. The van der Waals surface area contributed by atoms with E-state index in [0.717, 1.165) is 35.3 Å². The maximum absolute atomic E-state index is 12.6. The number of carbonyl (C=O) groups excluding carboxylic acids is 1. The van der Waals surface area contributed by atoms with Crippen molar-refractivity contribution < 1.29 is 9.53 Å².